The molecule has 0 aliphatic heterocycles. The number of nitrogens with zero attached hydrogens (tertiary/aromatic N) is 1. The number of halogens is 1. The van der Waals surface area contributed by atoms with Gasteiger partial charge in [0.2, 0.25) is 0 Å². The van der Waals surface area contributed by atoms with Crippen molar-refractivity contribution in [1.29, 1.82) is 0 Å². The molecule has 0 atom stereocenters. The molecule has 118 valence electrons. The Kier molecular flexibility index (Phi) is 6.12. The topological polar surface area (TPSA) is 41.5 Å². The van der Waals surface area contributed by atoms with E-state index in [1.54, 1.807) is 24.4 Å². The number of hydrogen-bond donors (Lipinski definition) is 1. The predicted octanol–water partition coefficient (Wildman–Crippen LogP) is 4.63. The van der Waals surface area contributed by atoms with Gasteiger partial charge in [-0.3, -0.25) is 4.79 Å². The van der Waals surface area contributed by atoms with E-state index in [1.807, 2.05) is 24.3 Å². The molecule has 0 aromatic heterocycles. The van der Waals surface area contributed by atoms with E-state index in [1.165, 1.54) is 11.6 Å². The number of hydrazone groups is 1. The van der Waals surface area contributed by atoms with Crippen molar-refractivity contribution in [3.63, 3.8) is 0 Å². The number of carbonyl (C=O) groups is 1. The Morgan fingerprint density at radius 1 is 1.04 bits per heavy atom. The van der Waals surface area contributed by atoms with Crippen LogP contribution in [0, 0.1) is 0 Å². The van der Waals surface area contributed by atoms with E-state index < -0.39 is 0 Å². The molecule has 2 aromatic rings. The van der Waals surface area contributed by atoms with Crippen molar-refractivity contribution >= 4 is 29.8 Å². The van der Waals surface area contributed by atoms with Crippen molar-refractivity contribution in [3.05, 3.63) is 76.3 Å². The molecule has 23 heavy (non-hydrogen) atoms. The Bertz CT molecular complexity index is 701. The van der Waals surface area contributed by atoms with Gasteiger partial charge in [-0.05, 0) is 40.8 Å². The second-order valence-electron chi connectivity index (χ2n) is 5.44. The van der Waals surface area contributed by atoms with Gasteiger partial charge < -0.3 is 0 Å². The van der Waals surface area contributed by atoms with Gasteiger partial charge >= 0.3 is 0 Å². The molecule has 4 heteroatoms. The lowest BCUT2D eigenvalue weighted by Gasteiger charge is -2.04. The van der Waals surface area contributed by atoms with E-state index in [0.717, 1.165) is 11.1 Å². The third-order valence-electron chi connectivity index (χ3n) is 3.29. The summed E-state index contributed by atoms with van der Waals surface area (Å²) in [6, 6.07) is 15.3. The quantitative estimate of drug-likeness (QED) is 0.486. The molecule has 0 aliphatic rings. The monoisotopic (exact) mass is 326 g/mol. The second-order valence-corrected chi connectivity index (χ2v) is 5.88. The van der Waals surface area contributed by atoms with Crippen LogP contribution in [-0.4, -0.2) is 12.1 Å². The van der Waals surface area contributed by atoms with Crippen LogP contribution in [0.25, 0.3) is 6.08 Å². The van der Waals surface area contributed by atoms with Gasteiger partial charge in [-0.1, -0.05) is 61.8 Å². The van der Waals surface area contributed by atoms with Crippen LogP contribution in [0.4, 0.5) is 0 Å². The number of nitrogens with one attached hydrogen (secondary N) is 1. The van der Waals surface area contributed by atoms with Gasteiger partial charge in [0, 0.05) is 11.1 Å². The first-order valence-corrected chi connectivity index (χ1v) is 7.79. The van der Waals surface area contributed by atoms with Crippen LogP contribution in [0.3, 0.4) is 0 Å². The van der Waals surface area contributed by atoms with Gasteiger partial charge in [0.05, 0.1) is 6.21 Å². The molecule has 0 unspecified atom stereocenters. The summed E-state index contributed by atoms with van der Waals surface area (Å²) >= 11 is 5.81. The second kappa shape index (κ2) is 8.30. The lowest BCUT2D eigenvalue weighted by Crippen LogP contribution is -2.14. The lowest BCUT2D eigenvalue weighted by atomic mass is 10.0. The van der Waals surface area contributed by atoms with Crippen LogP contribution >= 0.6 is 11.6 Å². The van der Waals surface area contributed by atoms with E-state index in [4.69, 9.17) is 11.6 Å². The number of amides is 1. The van der Waals surface area contributed by atoms with Gasteiger partial charge in [0.1, 0.15) is 0 Å². The molecule has 0 saturated carbocycles. The smallest absolute Gasteiger partial charge is 0.264 e. The Hall–Kier alpha value is -2.39. The maximum Gasteiger partial charge on any atom is 0.264 e. The van der Waals surface area contributed by atoms with Gasteiger partial charge in [0.15, 0.2) is 0 Å². The molecule has 1 N–H and O–H groups in total. The highest BCUT2D eigenvalue weighted by Gasteiger charge is 1.97. The van der Waals surface area contributed by atoms with E-state index >= 15 is 0 Å². The molecule has 0 bridgehead atoms. The molecule has 0 aliphatic carbocycles. The number of benzene rings is 2. The van der Waals surface area contributed by atoms with Crippen LogP contribution in [0.15, 0.2) is 59.7 Å². The fraction of sp³-hybridized carbons (Fsp3) is 0.158. The maximum absolute atomic E-state index is 11.7. The zero-order chi connectivity index (χ0) is 16.7. The van der Waals surface area contributed by atoms with Crippen LogP contribution in [0.5, 0.6) is 0 Å². The Morgan fingerprint density at radius 3 is 2.26 bits per heavy atom. The minimum Gasteiger partial charge on any atom is -0.268 e. The van der Waals surface area contributed by atoms with Crippen LogP contribution in [-0.2, 0) is 4.79 Å². The number of carbonyl (C=O) groups excluding carboxylic acids is 1. The van der Waals surface area contributed by atoms with Gasteiger partial charge in [0.25, 0.3) is 5.91 Å². The van der Waals surface area contributed by atoms with E-state index in [9.17, 15) is 4.79 Å². The number of rotatable bonds is 5. The van der Waals surface area contributed by atoms with Gasteiger partial charge in [-0.25, -0.2) is 5.43 Å². The minimum atomic E-state index is -0.282. The summed E-state index contributed by atoms with van der Waals surface area (Å²) < 4.78 is 0. The SMILES string of the molecule is CC(C)c1ccc(/C=N\NC(=O)/C=C/c2ccc(Cl)cc2)cc1. The van der Waals surface area contributed by atoms with Crippen molar-refractivity contribution in [2.45, 2.75) is 19.8 Å². The maximum atomic E-state index is 11.7. The predicted molar refractivity (Wildman–Crippen MR) is 96.8 cm³/mol. The molecular weight excluding hydrogens is 308 g/mol. The summed E-state index contributed by atoms with van der Waals surface area (Å²) in [7, 11) is 0. The molecule has 0 spiro atoms. The largest absolute Gasteiger partial charge is 0.268 e. The first-order valence-electron chi connectivity index (χ1n) is 7.41. The minimum absolute atomic E-state index is 0.282. The summed E-state index contributed by atoms with van der Waals surface area (Å²) in [6.07, 6.45) is 4.76. The van der Waals surface area contributed by atoms with E-state index in [0.29, 0.717) is 10.9 Å². The zero-order valence-corrected chi connectivity index (χ0v) is 13.9. The molecule has 3 nitrogen and oxygen atoms in total. The fourth-order valence-electron chi connectivity index (χ4n) is 1.92. The third kappa shape index (κ3) is 5.72. The Morgan fingerprint density at radius 2 is 1.65 bits per heavy atom. The summed E-state index contributed by atoms with van der Waals surface area (Å²) in [4.78, 5) is 11.7. The molecule has 1 amide bonds. The molecule has 2 rings (SSSR count). The van der Waals surface area contributed by atoms with Crippen molar-refractivity contribution in [1.82, 2.24) is 5.43 Å². The molecule has 0 saturated heterocycles. The van der Waals surface area contributed by atoms with Crippen molar-refractivity contribution in [3.8, 4) is 0 Å². The highest BCUT2D eigenvalue weighted by Crippen LogP contribution is 2.13. The van der Waals surface area contributed by atoms with Crippen molar-refractivity contribution < 1.29 is 4.79 Å². The van der Waals surface area contributed by atoms with Gasteiger partial charge in [-0.15, -0.1) is 0 Å². The Balaban J connectivity index is 1.87. The number of hydrogen-bond acceptors (Lipinski definition) is 2. The van der Waals surface area contributed by atoms with Crippen LogP contribution in [0.1, 0.15) is 36.5 Å². The lowest BCUT2D eigenvalue weighted by molar-refractivity contribution is -0.116. The summed E-state index contributed by atoms with van der Waals surface area (Å²) in [5.41, 5.74) is 5.58. The summed E-state index contributed by atoms with van der Waals surface area (Å²) in [6.45, 7) is 4.30. The summed E-state index contributed by atoms with van der Waals surface area (Å²) in [5, 5.41) is 4.61. The average molecular weight is 327 g/mol. The molecule has 0 fully saturated rings. The first kappa shape index (κ1) is 17.0. The van der Waals surface area contributed by atoms with Gasteiger partial charge in [-0.2, -0.15) is 5.10 Å². The fourth-order valence-corrected chi connectivity index (χ4v) is 2.05. The van der Waals surface area contributed by atoms with Crippen LogP contribution < -0.4 is 5.43 Å². The highest BCUT2D eigenvalue weighted by molar-refractivity contribution is 6.30. The molecular formula is C19H19ClN2O. The average Bonchev–Trinajstić information content (AvgIpc) is 2.55. The molecule has 0 radical (unpaired) electrons. The third-order valence-corrected chi connectivity index (χ3v) is 3.54. The van der Waals surface area contributed by atoms with Crippen molar-refractivity contribution in [2.24, 2.45) is 5.10 Å². The molecule has 0 heterocycles. The normalized spacial score (nSPS) is 11.5. The van der Waals surface area contributed by atoms with E-state index in [-0.39, 0.29) is 5.91 Å². The molecule has 2 aromatic carbocycles. The van der Waals surface area contributed by atoms with E-state index in [2.05, 4.69) is 36.5 Å². The van der Waals surface area contributed by atoms with Crippen molar-refractivity contribution in [2.75, 3.05) is 0 Å². The summed E-state index contributed by atoms with van der Waals surface area (Å²) in [5.74, 6) is 0.216. The van der Waals surface area contributed by atoms with Crippen LogP contribution in [0.2, 0.25) is 5.02 Å². The first-order chi connectivity index (χ1) is 11.0. The highest BCUT2D eigenvalue weighted by atomic mass is 35.5. The Labute approximate surface area is 141 Å². The standard InChI is InChI=1S/C19H19ClN2O/c1-14(2)17-8-3-16(4-9-17)13-21-22-19(23)12-7-15-5-10-18(20)11-6-15/h3-14H,1-2H3,(H,22,23)/b12-7+,21-13-. The zero-order valence-electron chi connectivity index (χ0n) is 13.2.